The van der Waals surface area contributed by atoms with Crippen LogP contribution in [0.4, 0.5) is 5.69 Å². The summed E-state index contributed by atoms with van der Waals surface area (Å²) in [5, 5.41) is 20.4. The maximum absolute atomic E-state index is 11.0. The van der Waals surface area contributed by atoms with Crippen LogP contribution in [0.2, 0.25) is 5.02 Å². The van der Waals surface area contributed by atoms with Gasteiger partial charge in [-0.25, -0.2) is 0 Å². The molecule has 0 aliphatic carbocycles. The van der Waals surface area contributed by atoms with Gasteiger partial charge in [0.05, 0.1) is 33.6 Å². The van der Waals surface area contributed by atoms with Crippen molar-refractivity contribution in [1.82, 2.24) is 0 Å². The van der Waals surface area contributed by atoms with Gasteiger partial charge in [-0.3, -0.25) is 10.1 Å². The number of halogens is 1. The van der Waals surface area contributed by atoms with E-state index in [-0.39, 0.29) is 5.69 Å². The third kappa shape index (κ3) is 3.70. The lowest BCUT2D eigenvalue weighted by atomic mass is 10.2. The number of methoxy groups -OCH3 is 1. The summed E-state index contributed by atoms with van der Waals surface area (Å²) in [4.78, 5) is 11.0. The topological polar surface area (TPSA) is 76.2 Å². The van der Waals surface area contributed by atoms with Crippen molar-refractivity contribution in [3.8, 4) is 11.8 Å². The molecule has 2 rings (SSSR count). The predicted octanol–water partition coefficient (Wildman–Crippen LogP) is 4.42. The van der Waals surface area contributed by atoms with Gasteiger partial charge in [0, 0.05) is 11.8 Å². The summed E-state index contributed by atoms with van der Waals surface area (Å²) in [6, 6.07) is 11.6. The van der Waals surface area contributed by atoms with Gasteiger partial charge in [0.25, 0.3) is 5.69 Å². The summed E-state index contributed by atoms with van der Waals surface area (Å²) in [6.07, 6.45) is 0. The molecule has 0 saturated heterocycles. The van der Waals surface area contributed by atoms with Crippen LogP contribution in [-0.2, 0) is 5.75 Å². The first-order chi connectivity index (χ1) is 10.5. The van der Waals surface area contributed by atoms with E-state index in [4.69, 9.17) is 21.6 Å². The summed E-state index contributed by atoms with van der Waals surface area (Å²) >= 11 is 7.34. The van der Waals surface area contributed by atoms with E-state index in [1.165, 1.54) is 37.1 Å². The molecule has 2 aromatic carbocycles. The second-order valence-electron chi connectivity index (χ2n) is 4.31. The number of hydrogen-bond donors (Lipinski definition) is 0. The number of nitrogens with zero attached hydrogens (tertiary/aromatic N) is 2. The highest BCUT2D eigenvalue weighted by Gasteiger charge is 2.15. The van der Waals surface area contributed by atoms with Gasteiger partial charge in [0.15, 0.2) is 0 Å². The Labute approximate surface area is 136 Å². The number of nitro benzene ring substituents is 1. The smallest absolute Gasteiger partial charge is 0.282 e. The highest BCUT2D eigenvalue weighted by atomic mass is 35.5. The van der Waals surface area contributed by atoms with E-state index in [1.54, 1.807) is 12.1 Å². The van der Waals surface area contributed by atoms with Crippen LogP contribution in [0.3, 0.4) is 0 Å². The standard InChI is InChI=1S/C15H11ClN2O3S/c1-21-14-5-3-11(6-12(14)16)9-22-15-7-10(8-17)2-4-13(15)18(19)20/h2-7H,9H2,1H3. The van der Waals surface area contributed by atoms with E-state index in [2.05, 4.69) is 0 Å². The molecule has 2 aromatic rings. The SMILES string of the molecule is COc1ccc(CSc2cc(C#N)ccc2[N+](=O)[O-])cc1Cl. The van der Waals surface area contributed by atoms with E-state index in [1.807, 2.05) is 12.1 Å². The van der Waals surface area contributed by atoms with Gasteiger partial charge in [-0.2, -0.15) is 5.26 Å². The second kappa shape index (κ2) is 7.16. The Bertz CT molecular complexity index is 759. The van der Waals surface area contributed by atoms with Crippen molar-refractivity contribution < 1.29 is 9.66 Å². The van der Waals surface area contributed by atoms with Crippen LogP contribution in [0.1, 0.15) is 11.1 Å². The van der Waals surface area contributed by atoms with Crippen molar-refractivity contribution in [1.29, 1.82) is 5.26 Å². The molecular weight excluding hydrogens is 324 g/mol. The molecule has 22 heavy (non-hydrogen) atoms. The van der Waals surface area contributed by atoms with Crippen LogP contribution >= 0.6 is 23.4 Å². The van der Waals surface area contributed by atoms with Crippen LogP contribution in [-0.4, -0.2) is 12.0 Å². The molecule has 0 aromatic heterocycles. The van der Waals surface area contributed by atoms with Crippen molar-refractivity contribution in [2.75, 3.05) is 7.11 Å². The predicted molar refractivity (Wildman–Crippen MR) is 85.4 cm³/mol. The summed E-state index contributed by atoms with van der Waals surface area (Å²) < 4.78 is 5.08. The average molecular weight is 335 g/mol. The largest absolute Gasteiger partial charge is 0.495 e. The number of nitro groups is 1. The molecule has 0 N–H and O–H groups in total. The maximum atomic E-state index is 11.0. The summed E-state index contributed by atoms with van der Waals surface area (Å²) in [5.74, 6) is 1.08. The van der Waals surface area contributed by atoms with Crippen LogP contribution in [0.15, 0.2) is 41.3 Å². The third-order valence-electron chi connectivity index (χ3n) is 2.90. The van der Waals surface area contributed by atoms with Gasteiger partial charge in [-0.15, -0.1) is 11.8 Å². The molecule has 0 aliphatic heterocycles. The minimum atomic E-state index is -0.454. The number of ether oxygens (including phenoxy) is 1. The lowest BCUT2D eigenvalue weighted by Gasteiger charge is -2.07. The fourth-order valence-corrected chi connectivity index (χ4v) is 3.09. The summed E-state index contributed by atoms with van der Waals surface area (Å²) in [6.45, 7) is 0. The minimum absolute atomic E-state index is 0.0105. The minimum Gasteiger partial charge on any atom is -0.495 e. The fourth-order valence-electron chi connectivity index (χ4n) is 1.81. The van der Waals surface area contributed by atoms with Crippen LogP contribution in [0, 0.1) is 21.4 Å². The van der Waals surface area contributed by atoms with Gasteiger partial charge >= 0.3 is 0 Å². The van der Waals surface area contributed by atoms with Crippen molar-refractivity contribution in [3.63, 3.8) is 0 Å². The van der Waals surface area contributed by atoms with Gasteiger partial charge in [0.1, 0.15) is 5.75 Å². The zero-order valence-electron chi connectivity index (χ0n) is 11.6. The molecule has 112 valence electrons. The molecule has 0 radical (unpaired) electrons. The first-order valence-corrected chi connectivity index (χ1v) is 7.55. The van der Waals surface area contributed by atoms with E-state index in [0.29, 0.717) is 27.0 Å². The van der Waals surface area contributed by atoms with Crippen molar-refractivity contribution in [3.05, 3.63) is 62.7 Å². The summed E-state index contributed by atoms with van der Waals surface area (Å²) in [5.41, 5.74) is 1.29. The lowest BCUT2D eigenvalue weighted by Crippen LogP contribution is -1.92. The fraction of sp³-hybridized carbons (Fsp3) is 0.133. The number of hydrogen-bond acceptors (Lipinski definition) is 5. The Morgan fingerprint density at radius 3 is 2.73 bits per heavy atom. The second-order valence-corrected chi connectivity index (χ2v) is 5.73. The van der Waals surface area contributed by atoms with Gasteiger partial charge in [-0.1, -0.05) is 17.7 Å². The molecule has 0 heterocycles. The lowest BCUT2D eigenvalue weighted by molar-refractivity contribution is -0.387. The monoisotopic (exact) mass is 334 g/mol. The molecule has 0 unspecified atom stereocenters. The molecular formula is C15H11ClN2O3S. The van der Waals surface area contributed by atoms with Gasteiger partial charge in [-0.05, 0) is 29.8 Å². The number of benzene rings is 2. The Morgan fingerprint density at radius 2 is 2.14 bits per heavy atom. The molecule has 0 spiro atoms. The van der Waals surface area contributed by atoms with Crippen molar-refractivity contribution in [2.45, 2.75) is 10.6 Å². The molecule has 0 atom stereocenters. The molecule has 0 bridgehead atoms. The normalized spacial score (nSPS) is 10.0. The average Bonchev–Trinajstić information content (AvgIpc) is 2.52. The first-order valence-electron chi connectivity index (χ1n) is 6.19. The molecule has 0 fully saturated rings. The number of rotatable bonds is 5. The van der Waals surface area contributed by atoms with Crippen LogP contribution in [0.25, 0.3) is 0 Å². The zero-order valence-corrected chi connectivity index (χ0v) is 13.1. The molecule has 5 nitrogen and oxygen atoms in total. The Kier molecular flexibility index (Phi) is 5.26. The Hall–Kier alpha value is -2.23. The van der Waals surface area contributed by atoms with E-state index < -0.39 is 4.92 Å². The van der Waals surface area contributed by atoms with Crippen LogP contribution in [0.5, 0.6) is 5.75 Å². The molecule has 0 amide bonds. The van der Waals surface area contributed by atoms with Gasteiger partial charge in [0.2, 0.25) is 0 Å². The van der Waals surface area contributed by atoms with Gasteiger partial charge < -0.3 is 4.74 Å². The highest BCUT2D eigenvalue weighted by Crippen LogP contribution is 2.34. The van der Waals surface area contributed by atoms with Crippen molar-refractivity contribution in [2.24, 2.45) is 0 Å². The molecule has 7 heteroatoms. The maximum Gasteiger partial charge on any atom is 0.282 e. The Balaban J connectivity index is 2.22. The number of nitriles is 1. The quantitative estimate of drug-likeness (QED) is 0.459. The third-order valence-corrected chi connectivity index (χ3v) is 4.31. The van der Waals surface area contributed by atoms with E-state index in [0.717, 1.165) is 5.56 Å². The first kappa shape index (κ1) is 16.1. The van der Waals surface area contributed by atoms with E-state index >= 15 is 0 Å². The summed E-state index contributed by atoms with van der Waals surface area (Å²) in [7, 11) is 1.53. The van der Waals surface area contributed by atoms with Crippen LogP contribution < -0.4 is 4.74 Å². The van der Waals surface area contributed by atoms with Crippen molar-refractivity contribution >= 4 is 29.1 Å². The highest BCUT2D eigenvalue weighted by molar-refractivity contribution is 7.98. The zero-order chi connectivity index (χ0) is 16.1. The molecule has 0 saturated carbocycles. The molecule has 0 aliphatic rings. The Morgan fingerprint density at radius 1 is 1.36 bits per heavy atom. The number of thioether (sulfide) groups is 1. The van der Waals surface area contributed by atoms with E-state index in [9.17, 15) is 10.1 Å².